The average Bonchev–Trinajstić information content (AvgIpc) is 2.92. The van der Waals surface area contributed by atoms with Crippen LogP contribution < -0.4 is 10.9 Å². The number of carbonyl (C=O) groups excluding carboxylic acids is 1. The van der Waals surface area contributed by atoms with Gasteiger partial charge >= 0.3 is 0 Å². The molecule has 0 aliphatic carbocycles. The molecule has 0 aliphatic heterocycles. The van der Waals surface area contributed by atoms with Gasteiger partial charge in [0.15, 0.2) is 0 Å². The van der Waals surface area contributed by atoms with Gasteiger partial charge in [-0.15, -0.1) is 0 Å². The molecule has 1 aromatic carbocycles. The minimum absolute atomic E-state index is 0.0710. The molecule has 2 heterocycles. The molecule has 0 saturated carbocycles. The zero-order valence-electron chi connectivity index (χ0n) is 14.0. The zero-order valence-corrected chi connectivity index (χ0v) is 14.0. The third-order valence-electron chi connectivity index (χ3n) is 3.92. The van der Waals surface area contributed by atoms with Crippen molar-refractivity contribution in [2.75, 3.05) is 5.32 Å². The van der Waals surface area contributed by atoms with Crippen molar-refractivity contribution in [1.82, 2.24) is 14.5 Å². The Morgan fingerprint density at radius 2 is 2.08 bits per heavy atom. The number of hydrogen-bond acceptors (Lipinski definition) is 3. The summed E-state index contributed by atoms with van der Waals surface area (Å²) in [4.78, 5) is 32.0. The summed E-state index contributed by atoms with van der Waals surface area (Å²) in [6.45, 7) is 5.93. The molecule has 0 bridgehead atoms. The molecule has 0 radical (unpaired) electrons. The van der Waals surface area contributed by atoms with Crippen molar-refractivity contribution in [3.63, 3.8) is 0 Å². The monoisotopic (exact) mass is 324 g/mol. The maximum Gasteiger partial charge on any atom is 0.263 e. The van der Waals surface area contributed by atoms with E-state index < -0.39 is 0 Å². The molecule has 0 unspecified atom stereocenters. The van der Waals surface area contributed by atoms with E-state index in [1.54, 1.807) is 6.07 Å². The van der Waals surface area contributed by atoms with Gasteiger partial charge in [-0.3, -0.25) is 14.2 Å². The highest BCUT2D eigenvalue weighted by Crippen LogP contribution is 2.23. The van der Waals surface area contributed by atoms with Gasteiger partial charge in [-0.05, 0) is 30.5 Å². The maximum atomic E-state index is 12.4. The van der Waals surface area contributed by atoms with Crippen molar-refractivity contribution >= 4 is 22.6 Å². The topological polar surface area (TPSA) is 79.8 Å². The number of carbonyl (C=O) groups is 1. The van der Waals surface area contributed by atoms with Crippen molar-refractivity contribution in [2.24, 2.45) is 0 Å². The maximum absolute atomic E-state index is 12.4. The van der Waals surface area contributed by atoms with Gasteiger partial charge in [-0.1, -0.05) is 32.0 Å². The van der Waals surface area contributed by atoms with E-state index in [1.807, 2.05) is 31.2 Å². The first-order chi connectivity index (χ1) is 11.5. The molecule has 124 valence electrons. The SMILES string of the molecule is Cc1cc2c(=O)n(CC(=O)Nc3ccccc3C(C)C)cnc2[nH]1. The minimum Gasteiger partial charge on any atom is -0.343 e. The third-order valence-corrected chi connectivity index (χ3v) is 3.92. The number of anilines is 1. The van der Waals surface area contributed by atoms with E-state index in [0.29, 0.717) is 17.0 Å². The van der Waals surface area contributed by atoms with Crippen molar-refractivity contribution < 1.29 is 4.79 Å². The predicted octanol–water partition coefficient (Wildman–Crippen LogP) is 2.80. The van der Waals surface area contributed by atoms with Crippen LogP contribution in [0.4, 0.5) is 5.69 Å². The molecule has 0 atom stereocenters. The van der Waals surface area contributed by atoms with E-state index in [0.717, 1.165) is 16.9 Å². The van der Waals surface area contributed by atoms with E-state index in [1.165, 1.54) is 10.9 Å². The molecule has 2 N–H and O–H groups in total. The zero-order chi connectivity index (χ0) is 17.3. The molecule has 0 fully saturated rings. The lowest BCUT2D eigenvalue weighted by Gasteiger charge is -2.14. The highest BCUT2D eigenvalue weighted by molar-refractivity contribution is 5.91. The van der Waals surface area contributed by atoms with Gasteiger partial charge < -0.3 is 10.3 Å². The Bertz CT molecular complexity index is 953. The second-order valence-corrected chi connectivity index (χ2v) is 6.18. The van der Waals surface area contributed by atoms with Gasteiger partial charge in [0.05, 0.1) is 5.39 Å². The number of rotatable bonds is 4. The Labute approximate surface area is 139 Å². The molecule has 6 nitrogen and oxygen atoms in total. The number of H-pyrrole nitrogens is 1. The summed E-state index contributed by atoms with van der Waals surface area (Å²) in [7, 11) is 0. The Balaban J connectivity index is 1.83. The van der Waals surface area contributed by atoms with E-state index in [4.69, 9.17) is 0 Å². The number of aromatic amines is 1. The highest BCUT2D eigenvalue weighted by Gasteiger charge is 2.12. The number of para-hydroxylation sites is 1. The number of benzene rings is 1. The van der Waals surface area contributed by atoms with E-state index in [2.05, 4.69) is 29.1 Å². The smallest absolute Gasteiger partial charge is 0.263 e. The number of hydrogen-bond donors (Lipinski definition) is 2. The summed E-state index contributed by atoms with van der Waals surface area (Å²) in [6, 6.07) is 9.42. The van der Waals surface area contributed by atoms with Gasteiger partial charge in [0.1, 0.15) is 18.5 Å². The second-order valence-electron chi connectivity index (χ2n) is 6.18. The number of nitrogens with zero attached hydrogens (tertiary/aromatic N) is 2. The first-order valence-corrected chi connectivity index (χ1v) is 7.89. The number of nitrogens with one attached hydrogen (secondary N) is 2. The van der Waals surface area contributed by atoms with Crippen LogP contribution in [-0.4, -0.2) is 20.4 Å². The summed E-state index contributed by atoms with van der Waals surface area (Å²) < 4.78 is 1.32. The summed E-state index contributed by atoms with van der Waals surface area (Å²) in [6.07, 6.45) is 1.40. The standard InChI is InChI=1S/C18H20N4O2/c1-11(2)13-6-4-5-7-15(13)21-16(23)9-22-10-19-17-14(18(22)24)8-12(3)20-17/h4-8,10-11,20H,9H2,1-3H3,(H,21,23). The van der Waals surface area contributed by atoms with Crippen molar-refractivity contribution in [1.29, 1.82) is 0 Å². The van der Waals surface area contributed by atoms with E-state index in [9.17, 15) is 9.59 Å². The van der Waals surface area contributed by atoms with Gasteiger partial charge in [0.25, 0.3) is 5.56 Å². The summed E-state index contributed by atoms with van der Waals surface area (Å²) in [5, 5.41) is 3.38. The largest absolute Gasteiger partial charge is 0.343 e. The predicted molar refractivity (Wildman–Crippen MR) is 94.3 cm³/mol. The Morgan fingerprint density at radius 1 is 1.33 bits per heavy atom. The van der Waals surface area contributed by atoms with Crippen molar-refractivity contribution in [3.05, 3.63) is 58.3 Å². The van der Waals surface area contributed by atoms with Crippen molar-refractivity contribution in [3.8, 4) is 0 Å². The van der Waals surface area contributed by atoms with Crippen LogP contribution in [0.15, 0.2) is 41.5 Å². The fraction of sp³-hybridized carbons (Fsp3) is 0.278. The van der Waals surface area contributed by atoms with Crippen LogP contribution in [0.2, 0.25) is 0 Å². The molecule has 3 aromatic rings. The van der Waals surface area contributed by atoms with E-state index >= 15 is 0 Å². The normalized spacial score (nSPS) is 11.2. The van der Waals surface area contributed by atoms with Crippen LogP contribution in [-0.2, 0) is 11.3 Å². The number of aromatic nitrogens is 3. The molecule has 1 amide bonds. The molecular formula is C18H20N4O2. The Kier molecular flexibility index (Phi) is 4.20. The fourth-order valence-electron chi connectivity index (χ4n) is 2.75. The lowest BCUT2D eigenvalue weighted by atomic mass is 10.0. The summed E-state index contributed by atoms with van der Waals surface area (Å²) in [5.41, 5.74) is 3.02. The summed E-state index contributed by atoms with van der Waals surface area (Å²) >= 11 is 0. The van der Waals surface area contributed by atoms with E-state index in [-0.39, 0.29) is 18.0 Å². The third kappa shape index (κ3) is 3.08. The van der Waals surface area contributed by atoms with Gasteiger partial charge in [0, 0.05) is 11.4 Å². The molecule has 2 aromatic heterocycles. The van der Waals surface area contributed by atoms with Crippen LogP contribution in [0.1, 0.15) is 31.0 Å². The van der Waals surface area contributed by atoms with Gasteiger partial charge in [-0.2, -0.15) is 0 Å². The second kappa shape index (κ2) is 6.31. The van der Waals surface area contributed by atoms with Gasteiger partial charge in [0.2, 0.25) is 5.91 Å². The molecule has 6 heteroatoms. The highest BCUT2D eigenvalue weighted by atomic mass is 16.2. The summed E-state index contributed by atoms with van der Waals surface area (Å²) in [5.74, 6) is 0.0451. The molecule has 3 rings (SSSR count). The minimum atomic E-state index is -0.251. The Hall–Kier alpha value is -2.89. The van der Waals surface area contributed by atoms with Crippen LogP contribution in [0.25, 0.3) is 11.0 Å². The number of fused-ring (bicyclic) bond motifs is 1. The Morgan fingerprint density at radius 3 is 2.83 bits per heavy atom. The quantitative estimate of drug-likeness (QED) is 0.774. The molecule has 0 saturated heterocycles. The lowest BCUT2D eigenvalue weighted by Crippen LogP contribution is -2.28. The number of amides is 1. The van der Waals surface area contributed by atoms with Crippen LogP contribution in [0, 0.1) is 6.92 Å². The first-order valence-electron chi connectivity index (χ1n) is 7.89. The average molecular weight is 324 g/mol. The lowest BCUT2D eigenvalue weighted by molar-refractivity contribution is -0.116. The van der Waals surface area contributed by atoms with Crippen molar-refractivity contribution in [2.45, 2.75) is 33.2 Å². The van der Waals surface area contributed by atoms with Gasteiger partial charge in [-0.25, -0.2) is 4.98 Å². The molecule has 24 heavy (non-hydrogen) atoms. The van der Waals surface area contributed by atoms with Crippen LogP contribution in [0.3, 0.4) is 0 Å². The molecule has 0 spiro atoms. The number of aryl methyl sites for hydroxylation is 1. The fourth-order valence-corrected chi connectivity index (χ4v) is 2.75. The molecule has 0 aliphatic rings. The molecular weight excluding hydrogens is 304 g/mol. The first kappa shape index (κ1) is 16.0. The van der Waals surface area contributed by atoms with Crippen LogP contribution in [0.5, 0.6) is 0 Å². The van der Waals surface area contributed by atoms with Crippen LogP contribution >= 0.6 is 0 Å².